The van der Waals surface area contributed by atoms with E-state index in [0.717, 1.165) is 30.0 Å². The summed E-state index contributed by atoms with van der Waals surface area (Å²) >= 11 is 0. The summed E-state index contributed by atoms with van der Waals surface area (Å²) in [6.45, 7) is 4.97. The maximum Gasteiger partial charge on any atom is 0.197 e. The minimum Gasteiger partial charge on any atom is -0.441 e. The Balaban J connectivity index is 1.67. The highest BCUT2D eigenvalue weighted by Gasteiger charge is 2.05. The second-order valence-electron chi connectivity index (χ2n) is 5.07. The summed E-state index contributed by atoms with van der Waals surface area (Å²) in [4.78, 5) is 4.50. The molecule has 0 saturated heterocycles. The van der Waals surface area contributed by atoms with Gasteiger partial charge in [-0.2, -0.15) is 0 Å². The van der Waals surface area contributed by atoms with E-state index in [1.165, 1.54) is 16.8 Å². The van der Waals surface area contributed by atoms with Crippen LogP contribution in [0, 0.1) is 13.8 Å². The van der Waals surface area contributed by atoms with E-state index < -0.39 is 0 Å². The number of benzene rings is 2. The highest BCUT2D eigenvalue weighted by Crippen LogP contribution is 2.18. The number of aryl methyl sites for hydroxylation is 2. The zero-order chi connectivity index (χ0) is 13.9. The first-order chi connectivity index (χ1) is 9.72. The molecule has 3 nitrogen and oxygen atoms in total. The molecule has 0 atom stereocenters. The fraction of sp³-hybridized carbons (Fsp3) is 0.235. The van der Waals surface area contributed by atoms with Crippen molar-refractivity contribution in [1.82, 2.24) is 4.98 Å². The minimum absolute atomic E-state index is 0.780. The zero-order valence-electron chi connectivity index (χ0n) is 11.8. The van der Waals surface area contributed by atoms with E-state index >= 15 is 0 Å². The van der Waals surface area contributed by atoms with E-state index in [4.69, 9.17) is 4.42 Å². The third-order valence-electron chi connectivity index (χ3n) is 3.39. The van der Waals surface area contributed by atoms with Crippen LogP contribution in [-0.2, 0) is 6.42 Å². The smallest absolute Gasteiger partial charge is 0.197 e. The van der Waals surface area contributed by atoms with Gasteiger partial charge in [0.25, 0.3) is 0 Å². The average molecular weight is 266 g/mol. The van der Waals surface area contributed by atoms with Gasteiger partial charge in [-0.25, -0.2) is 4.98 Å². The van der Waals surface area contributed by atoms with Crippen molar-refractivity contribution in [3.8, 4) is 0 Å². The molecule has 0 spiro atoms. The molecular formula is C17H18N2O. The van der Waals surface area contributed by atoms with E-state index in [0.29, 0.717) is 0 Å². The lowest BCUT2D eigenvalue weighted by Crippen LogP contribution is -2.05. The summed E-state index contributed by atoms with van der Waals surface area (Å²) in [5.41, 5.74) is 5.41. The number of hydrogen-bond acceptors (Lipinski definition) is 3. The van der Waals surface area contributed by atoms with Crippen molar-refractivity contribution >= 4 is 16.8 Å². The SMILES string of the molecule is Cc1ccc2nc(CCNc3ccccc3C)oc2c1. The van der Waals surface area contributed by atoms with Crippen LogP contribution in [0.3, 0.4) is 0 Å². The molecule has 0 saturated carbocycles. The van der Waals surface area contributed by atoms with E-state index in [1.807, 2.05) is 24.3 Å². The number of hydrogen-bond donors (Lipinski definition) is 1. The predicted molar refractivity (Wildman–Crippen MR) is 82.1 cm³/mol. The lowest BCUT2D eigenvalue weighted by Gasteiger charge is -2.07. The van der Waals surface area contributed by atoms with E-state index in [9.17, 15) is 0 Å². The van der Waals surface area contributed by atoms with Gasteiger partial charge >= 0.3 is 0 Å². The van der Waals surface area contributed by atoms with E-state index in [2.05, 4.69) is 42.3 Å². The van der Waals surface area contributed by atoms with Crippen LogP contribution in [0.15, 0.2) is 46.9 Å². The van der Waals surface area contributed by atoms with Crippen molar-refractivity contribution in [1.29, 1.82) is 0 Å². The monoisotopic (exact) mass is 266 g/mol. The molecule has 0 fully saturated rings. The second-order valence-corrected chi connectivity index (χ2v) is 5.07. The number of aromatic nitrogens is 1. The Morgan fingerprint density at radius 3 is 2.80 bits per heavy atom. The zero-order valence-corrected chi connectivity index (χ0v) is 11.8. The number of oxazole rings is 1. The number of nitrogens with one attached hydrogen (secondary N) is 1. The normalized spacial score (nSPS) is 10.9. The van der Waals surface area contributed by atoms with Gasteiger partial charge in [-0.05, 0) is 43.2 Å². The number of nitrogens with zero attached hydrogens (tertiary/aromatic N) is 1. The first kappa shape index (κ1) is 12.7. The largest absolute Gasteiger partial charge is 0.441 e. The molecule has 0 aliphatic carbocycles. The van der Waals surface area contributed by atoms with Gasteiger partial charge in [-0.1, -0.05) is 24.3 Å². The molecular weight excluding hydrogens is 248 g/mol. The first-order valence-electron chi connectivity index (χ1n) is 6.88. The van der Waals surface area contributed by atoms with Crippen LogP contribution in [0.2, 0.25) is 0 Å². The predicted octanol–water partition coefficient (Wildman–Crippen LogP) is 4.10. The number of fused-ring (bicyclic) bond motifs is 1. The first-order valence-corrected chi connectivity index (χ1v) is 6.88. The lowest BCUT2D eigenvalue weighted by molar-refractivity contribution is 0.533. The molecule has 0 aliphatic heterocycles. The van der Waals surface area contributed by atoms with Gasteiger partial charge in [0.15, 0.2) is 11.5 Å². The van der Waals surface area contributed by atoms with Crippen molar-refractivity contribution in [3.05, 3.63) is 59.5 Å². The molecule has 1 N–H and O–H groups in total. The number of rotatable bonds is 4. The molecule has 0 radical (unpaired) electrons. The molecule has 0 unspecified atom stereocenters. The maximum atomic E-state index is 5.77. The van der Waals surface area contributed by atoms with Crippen molar-refractivity contribution in [2.75, 3.05) is 11.9 Å². The van der Waals surface area contributed by atoms with Crippen molar-refractivity contribution in [3.63, 3.8) is 0 Å². The van der Waals surface area contributed by atoms with Crippen LogP contribution in [-0.4, -0.2) is 11.5 Å². The summed E-state index contributed by atoms with van der Waals surface area (Å²) < 4.78 is 5.77. The van der Waals surface area contributed by atoms with Gasteiger partial charge in [0.2, 0.25) is 0 Å². The summed E-state index contributed by atoms with van der Waals surface area (Å²) in [5.74, 6) is 0.784. The lowest BCUT2D eigenvalue weighted by atomic mass is 10.2. The fourth-order valence-electron chi connectivity index (χ4n) is 2.26. The summed E-state index contributed by atoms with van der Waals surface area (Å²) in [6.07, 6.45) is 0.780. The second kappa shape index (κ2) is 5.37. The Kier molecular flexibility index (Phi) is 3.42. The molecule has 3 rings (SSSR count). The quantitative estimate of drug-likeness (QED) is 0.772. The Labute approximate surface area is 118 Å². The maximum absolute atomic E-state index is 5.77. The van der Waals surface area contributed by atoms with Gasteiger partial charge in [0, 0.05) is 18.7 Å². The van der Waals surface area contributed by atoms with Crippen LogP contribution < -0.4 is 5.32 Å². The average Bonchev–Trinajstić information content (AvgIpc) is 2.83. The van der Waals surface area contributed by atoms with Crippen LogP contribution in [0.1, 0.15) is 17.0 Å². The Bertz CT molecular complexity index is 731. The van der Waals surface area contributed by atoms with Crippen LogP contribution in [0.5, 0.6) is 0 Å². The summed E-state index contributed by atoms with van der Waals surface area (Å²) in [6, 6.07) is 14.4. The fourth-order valence-corrected chi connectivity index (χ4v) is 2.26. The van der Waals surface area contributed by atoms with Crippen LogP contribution in [0.25, 0.3) is 11.1 Å². The molecule has 0 aliphatic rings. The highest BCUT2D eigenvalue weighted by molar-refractivity contribution is 5.73. The van der Waals surface area contributed by atoms with E-state index in [1.54, 1.807) is 0 Å². The standard InChI is InChI=1S/C17H18N2O/c1-12-7-8-15-16(11-12)20-17(19-15)9-10-18-14-6-4-3-5-13(14)2/h3-8,11,18H,9-10H2,1-2H3. The Hall–Kier alpha value is -2.29. The van der Waals surface area contributed by atoms with Crippen LogP contribution >= 0.6 is 0 Å². The van der Waals surface area contributed by atoms with Gasteiger partial charge < -0.3 is 9.73 Å². The topological polar surface area (TPSA) is 38.1 Å². The molecule has 20 heavy (non-hydrogen) atoms. The van der Waals surface area contributed by atoms with Gasteiger partial charge in [-0.3, -0.25) is 0 Å². The Morgan fingerprint density at radius 2 is 1.95 bits per heavy atom. The van der Waals surface area contributed by atoms with Crippen molar-refractivity contribution in [2.45, 2.75) is 20.3 Å². The molecule has 3 aromatic rings. The van der Waals surface area contributed by atoms with E-state index in [-0.39, 0.29) is 0 Å². The molecule has 3 heteroatoms. The van der Waals surface area contributed by atoms with Gasteiger partial charge in [0.1, 0.15) is 5.52 Å². The third kappa shape index (κ3) is 2.67. The number of anilines is 1. The molecule has 102 valence electrons. The molecule has 1 heterocycles. The summed E-state index contributed by atoms with van der Waals surface area (Å²) in [7, 11) is 0. The Morgan fingerprint density at radius 1 is 1.10 bits per heavy atom. The third-order valence-corrected chi connectivity index (χ3v) is 3.39. The number of para-hydroxylation sites is 1. The van der Waals surface area contributed by atoms with Gasteiger partial charge in [-0.15, -0.1) is 0 Å². The van der Waals surface area contributed by atoms with Gasteiger partial charge in [0.05, 0.1) is 0 Å². The molecule has 0 bridgehead atoms. The summed E-state index contributed by atoms with van der Waals surface area (Å²) in [5, 5.41) is 3.42. The molecule has 2 aromatic carbocycles. The van der Waals surface area contributed by atoms with Crippen molar-refractivity contribution < 1.29 is 4.42 Å². The molecule has 1 aromatic heterocycles. The van der Waals surface area contributed by atoms with Crippen LogP contribution in [0.4, 0.5) is 5.69 Å². The minimum atomic E-state index is 0.780. The molecule has 0 amide bonds. The highest BCUT2D eigenvalue weighted by atomic mass is 16.3. The van der Waals surface area contributed by atoms with Crippen molar-refractivity contribution in [2.24, 2.45) is 0 Å².